The summed E-state index contributed by atoms with van der Waals surface area (Å²) < 4.78 is 16.1. The third kappa shape index (κ3) is 7.17. The van der Waals surface area contributed by atoms with Crippen LogP contribution in [0.15, 0.2) is 71.8 Å². The summed E-state index contributed by atoms with van der Waals surface area (Å²) in [5.41, 5.74) is 4.71. The van der Waals surface area contributed by atoms with Crippen molar-refractivity contribution in [1.29, 1.82) is 0 Å². The third-order valence-electron chi connectivity index (χ3n) is 5.00. The van der Waals surface area contributed by atoms with Crippen LogP contribution in [0.1, 0.15) is 35.3 Å². The van der Waals surface area contributed by atoms with Gasteiger partial charge in [0.05, 0.1) is 25.5 Å². The van der Waals surface area contributed by atoms with E-state index < -0.39 is 17.8 Å². The van der Waals surface area contributed by atoms with Crippen LogP contribution in [0.4, 0.5) is 5.69 Å². The van der Waals surface area contributed by atoms with E-state index in [4.69, 9.17) is 14.2 Å². The zero-order valence-corrected chi connectivity index (χ0v) is 20.2. The van der Waals surface area contributed by atoms with Crippen molar-refractivity contribution in [1.82, 2.24) is 5.43 Å². The minimum absolute atomic E-state index is 0.214. The van der Waals surface area contributed by atoms with Gasteiger partial charge in [0.2, 0.25) is 0 Å². The summed E-state index contributed by atoms with van der Waals surface area (Å²) in [5, 5.41) is 6.32. The lowest BCUT2D eigenvalue weighted by atomic mass is 10.1. The molecule has 0 saturated carbocycles. The van der Waals surface area contributed by atoms with Crippen LogP contribution < -0.4 is 25.0 Å². The first-order chi connectivity index (χ1) is 17.4. The second-order valence-electron chi connectivity index (χ2n) is 7.46. The minimum Gasteiger partial charge on any atom is -0.494 e. The predicted molar refractivity (Wildman–Crippen MR) is 136 cm³/mol. The minimum atomic E-state index is -0.918. The van der Waals surface area contributed by atoms with Crippen LogP contribution in [0.3, 0.4) is 0 Å². The molecule has 0 radical (unpaired) electrons. The molecule has 9 nitrogen and oxygen atoms in total. The molecular formula is C27H27N3O6. The van der Waals surface area contributed by atoms with Crippen LogP contribution in [0.5, 0.6) is 17.2 Å². The van der Waals surface area contributed by atoms with E-state index in [0.29, 0.717) is 29.2 Å². The molecule has 0 spiro atoms. The highest BCUT2D eigenvalue weighted by molar-refractivity contribution is 6.39. The maximum Gasteiger partial charge on any atom is 0.343 e. The molecule has 0 unspecified atom stereocenters. The van der Waals surface area contributed by atoms with Crippen molar-refractivity contribution in [3.63, 3.8) is 0 Å². The monoisotopic (exact) mass is 489 g/mol. The molecule has 3 aromatic rings. The molecule has 0 fully saturated rings. The Bertz CT molecular complexity index is 1240. The number of ether oxygens (including phenoxy) is 3. The number of anilines is 1. The Morgan fingerprint density at radius 2 is 1.61 bits per heavy atom. The molecule has 186 valence electrons. The first kappa shape index (κ1) is 26.0. The number of carbonyl (C=O) groups is 3. The summed E-state index contributed by atoms with van der Waals surface area (Å²) in [4.78, 5) is 36.6. The summed E-state index contributed by atoms with van der Waals surface area (Å²) in [6, 6.07) is 18.5. The van der Waals surface area contributed by atoms with Gasteiger partial charge in [0.1, 0.15) is 5.75 Å². The number of nitrogens with zero attached hydrogens (tertiary/aromatic N) is 1. The van der Waals surface area contributed by atoms with Crippen LogP contribution in [0.25, 0.3) is 0 Å². The highest BCUT2D eigenvalue weighted by atomic mass is 16.6. The van der Waals surface area contributed by atoms with E-state index in [1.807, 2.05) is 26.0 Å². The molecule has 2 N–H and O–H groups in total. The number of hydrogen-bond donors (Lipinski definition) is 2. The molecule has 0 heterocycles. The van der Waals surface area contributed by atoms with E-state index in [0.717, 1.165) is 12.0 Å². The first-order valence-corrected chi connectivity index (χ1v) is 11.3. The summed E-state index contributed by atoms with van der Waals surface area (Å²) >= 11 is 0. The van der Waals surface area contributed by atoms with E-state index in [9.17, 15) is 14.4 Å². The van der Waals surface area contributed by atoms with Crippen LogP contribution in [0, 0.1) is 0 Å². The van der Waals surface area contributed by atoms with Gasteiger partial charge in [-0.15, -0.1) is 0 Å². The molecule has 0 aliphatic rings. The SMILES string of the molecule is CCOc1ccc(C(=O)Oc2ccc(/C=N\NC(=O)C(=O)Nc3ccc(CC)cc3)cc2OC)cc1. The maximum absolute atomic E-state index is 12.5. The van der Waals surface area contributed by atoms with Crippen molar-refractivity contribution in [2.75, 3.05) is 19.0 Å². The Hall–Kier alpha value is -4.66. The van der Waals surface area contributed by atoms with Crippen molar-refractivity contribution in [2.24, 2.45) is 5.10 Å². The molecule has 3 aromatic carbocycles. The Morgan fingerprint density at radius 3 is 2.25 bits per heavy atom. The van der Waals surface area contributed by atoms with Gasteiger partial charge in [0, 0.05) is 5.69 Å². The van der Waals surface area contributed by atoms with E-state index in [1.165, 1.54) is 13.3 Å². The standard InChI is InChI=1S/C27H27N3O6/c1-4-18-6-11-21(12-7-18)29-25(31)26(32)30-28-17-19-8-15-23(24(16-19)34-3)36-27(33)20-9-13-22(14-10-20)35-5-2/h6-17H,4-5H2,1-3H3,(H,29,31)(H,30,32)/b28-17-. The Kier molecular flexibility index (Phi) is 9.16. The predicted octanol–water partition coefficient (Wildman–Crippen LogP) is 3.96. The average Bonchev–Trinajstić information content (AvgIpc) is 2.90. The van der Waals surface area contributed by atoms with Gasteiger partial charge in [0.25, 0.3) is 0 Å². The molecule has 0 aliphatic heterocycles. The number of hydrogen-bond acceptors (Lipinski definition) is 7. The normalized spacial score (nSPS) is 10.5. The van der Waals surface area contributed by atoms with Crippen LogP contribution >= 0.6 is 0 Å². The van der Waals surface area contributed by atoms with E-state index in [-0.39, 0.29) is 11.5 Å². The number of rotatable bonds is 9. The van der Waals surface area contributed by atoms with Crippen molar-refractivity contribution >= 4 is 29.7 Å². The van der Waals surface area contributed by atoms with Gasteiger partial charge in [-0.05, 0) is 79.1 Å². The van der Waals surface area contributed by atoms with Gasteiger partial charge in [-0.3, -0.25) is 9.59 Å². The Labute approximate surface area is 209 Å². The fraction of sp³-hybridized carbons (Fsp3) is 0.185. The molecule has 0 aliphatic carbocycles. The molecular weight excluding hydrogens is 462 g/mol. The fourth-order valence-corrected chi connectivity index (χ4v) is 3.09. The second-order valence-corrected chi connectivity index (χ2v) is 7.46. The lowest BCUT2D eigenvalue weighted by Gasteiger charge is -2.10. The Balaban J connectivity index is 1.57. The number of carbonyl (C=O) groups excluding carboxylic acids is 3. The number of benzene rings is 3. The van der Waals surface area contributed by atoms with E-state index >= 15 is 0 Å². The number of amides is 2. The zero-order chi connectivity index (χ0) is 25.9. The molecule has 0 saturated heterocycles. The second kappa shape index (κ2) is 12.7. The van der Waals surface area contributed by atoms with Gasteiger partial charge in [-0.25, -0.2) is 10.2 Å². The van der Waals surface area contributed by atoms with Crippen molar-refractivity contribution in [2.45, 2.75) is 20.3 Å². The third-order valence-corrected chi connectivity index (χ3v) is 5.00. The first-order valence-electron chi connectivity index (χ1n) is 11.3. The number of aryl methyl sites for hydroxylation is 1. The van der Waals surface area contributed by atoms with Crippen molar-refractivity contribution in [3.8, 4) is 17.2 Å². The zero-order valence-electron chi connectivity index (χ0n) is 20.2. The molecule has 3 rings (SSSR count). The summed E-state index contributed by atoms with van der Waals surface area (Å²) in [6.45, 7) is 4.43. The quantitative estimate of drug-likeness (QED) is 0.155. The molecule has 0 atom stereocenters. The Morgan fingerprint density at radius 1 is 0.889 bits per heavy atom. The summed E-state index contributed by atoms with van der Waals surface area (Å²) in [5.74, 6) is -1.15. The number of nitrogens with one attached hydrogen (secondary N) is 2. The number of methoxy groups -OCH3 is 1. The average molecular weight is 490 g/mol. The van der Waals surface area contributed by atoms with Gasteiger partial charge >= 0.3 is 17.8 Å². The summed E-state index contributed by atoms with van der Waals surface area (Å²) in [6.07, 6.45) is 2.21. The molecule has 2 amide bonds. The summed E-state index contributed by atoms with van der Waals surface area (Å²) in [7, 11) is 1.43. The topological polar surface area (TPSA) is 115 Å². The highest BCUT2D eigenvalue weighted by Gasteiger charge is 2.14. The van der Waals surface area contributed by atoms with E-state index in [1.54, 1.807) is 54.6 Å². The highest BCUT2D eigenvalue weighted by Crippen LogP contribution is 2.28. The van der Waals surface area contributed by atoms with Gasteiger partial charge < -0.3 is 19.5 Å². The van der Waals surface area contributed by atoms with Crippen LogP contribution in [-0.2, 0) is 16.0 Å². The van der Waals surface area contributed by atoms with Crippen LogP contribution in [0.2, 0.25) is 0 Å². The van der Waals surface area contributed by atoms with Crippen LogP contribution in [-0.4, -0.2) is 37.7 Å². The van der Waals surface area contributed by atoms with Gasteiger partial charge in [-0.2, -0.15) is 5.10 Å². The molecule has 9 heteroatoms. The lowest BCUT2D eigenvalue weighted by Crippen LogP contribution is -2.32. The smallest absolute Gasteiger partial charge is 0.343 e. The number of hydrazone groups is 1. The van der Waals surface area contributed by atoms with Gasteiger partial charge in [0.15, 0.2) is 11.5 Å². The van der Waals surface area contributed by atoms with Gasteiger partial charge in [-0.1, -0.05) is 19.1 Å². The molecule has 0 bridgehead atoms. The maximum atomic E-state index is 12.5. The van der Waals surface area contributed by atoms with Crippen molar-refractivity contribution < 1.29 is 28.6 Å². The lowest BCUT2D eigenvalue weighted by molar-refractivity contribution is -0.136. The fourth-order valence-electron chi connectivity index (χ4n) is 3.09. The number of esters is 1. The van der Waals surface area contributed by atoms with Crippen molar-refractivity contribution in [3.05, 3.63) is 83.4 Å². The molecule has 36 heavy (non-hydrogen) atoms. The van der Waals surface area contributed by atoms with E-state index in [2.05, 4.69) is 15.8 Å². The molecule has 0 aromatic heterocycles. The largest absolute Gasteiger partial charge is 0.494 e.